The Labute approximate surface area is 87.5 Å². The average Bonchev–Trinajstić information content (AvgIpc) is 2.17. The summed E-state index contributed by atoms with van der Waals surface area (Å²) in [7, 11) is 0. The third-order valence-electron chi connectivity index (χ3n) is 2.28. The molecule has 1 nitrogen and oxygen atoms in total. The van der Waals surface area contributed by atoms with E-state index in [2.05, 4.69) is 50.4 Å². The van der Waals surface area contributed by atoms with Crippen molar-refractivity contribution in [1.82, 2.24) is 5.32 Å². The fraction of sp³-hybridized carbons (Fsp3) is 0.538. The van der Waals surface area contributed by atoms with E-state index in [-0.39, 0.29) is 0 Å². The minimum atomic E-state index is 0.560. The molecule has 0 radical (unpaired) electrons. The van der Waals surface area contributed by atoms with Crippen LogP contribution in [0.4, 0.5) is 0 Å². The van der Waals surface area contributed by atoms with Crippen LogP contribution in [-0.2, 0) is 13.0 Å². The monoisotopic (exact) mass is 191 g/mol. The van der Waals surface area contributed by atoms with E-state index in [9.17, 15) is 0 Å². The molecule has 0 spiro atoms. The van der Waals surface area contributed by atoms with E-state index in [0.717, 1.165) is 6.54 Å². The zero-order valence-corrected chi connectivity index (χ0v) is 9.51. The van der Waals surface area contributed by atoms with E-state index in [1.165, 1.54) is 24.0 Å². The summed E-state index contributed by atoms with van der Waals surface area (Å²) >= 11 is 0. The van der Waals surface area contributed by atoms with Crippen LogP contribution in [0.5, 0.6) is 0 Å². The number of hydrogen-bond donors (Lipinski definition) is 1. The summed E-state index contributed by atoms with van der Waals surface area (Å²) in [5, 5.41) is 3.41. The quantitative estimate of drug-likeness (QED) is 0.754. The molecule has 1 heteroatoms. The predicted octanol–water partition coefficient (Wildman–Crippen LogP) is 3.14. The molecule has 1 rings (SSSR count). The summed E-state index contributed by atoms with van der Waals surface area (Å²) in [6, 6.07) is 9.48. The van der Waals surface area contributed by atoms with Crippen LogP contribution in [-0.4, -0.2) is 6.04 Å². The molecule has 1 aromatic carbocycles. The van der Waals surface area contributed by atoms with Gasteiger partial charge < -0.3 is 5.32 Å². The Morgan fingerprint density at radius 1 is 1.07 bits per heavy atom. The number of rotatable bonds is 5. The van der Waals surface area contributed by atoms with Crippen LogP contribution in [0.15, 0.2) is 24.3 Å². The van der Waals surface area contributed by atoms with Crippen LogP contribution >= 0.6 is 0 Å². The highest BCUT2D eigenvalue weighted by molar-refractivity contribution is 5.22. The molecule has 0 aromatic heterocycles. The lowest BCUT2D eigenvalue weighted by atomic mass is 10.1. The van der Waals surface area contributed by atoms with Gasteiger partial charge >= 0.3 is 0 Å². The van der Waals surface area contributed by atoms with Crippen molar-refractivity contribution < 1.29 is 0 Å². The number of hydrogen-bond acceptors (Lipinski definition) is 1. The second kappa shape index (κ2) is 5.82. The van der Waals surface area contributed by atoms with Crippen molar-refractivity contribution in [2.45, 2.75) is 46.2 Å². The summed E-state index contributed by atoms with van der Waals surface area (Å²) in [4.78, 5) is 0. The fourth-order valence-electron chi connectivity index (χ4n) is 1.43. The van der Waals surface area contributed by atoms with Crippen LogP contribution < -0.4 is 5.32 Å². The Balaban J connectivity index is 2.46. The standard InChI is InChI=1S/C13H21N/c1-4-5-12-6-8-13(9-7-12)10-14-11(2)3/h6-9,11,14H,4-5,10H2,1-3H3. The van der Waals surface area contributed by atoms with Gasteiger partial charge in [-0.15, -0.1) is 0 Å². The molecule has 0 fully saturated rings. The smallest absolute Gasteiger partial charge is 0.0207 e. The van der Waals surface area contributed by atoms with E-state index >= 15 is 0 Å². The molecule has 0 saturated carbocycles. The summed E-state index contributed by atoms with van der Waals surface area (Å²) in [5.41, 5.74) is 2.82. The fourth-order valence-corrected chi connectivity index (χ4v) is 1.43. The zero-order chi connectivity index (χ0) is 10.4. The van der Waals surface area contributed by atoms with Gasteiger partial charge in [0.25, 0.3) is 0 Å². The van der Waals surface area contributed by atoms with E-state index in [1.54, 1.807) is 0 Å². The van der Waals surface area contributed by atoms with Crippen LogP contribution in [0.2, 0.25) is 0 Å². The van der Waals surface area contributed by atoms with Gasteiger partial charge in [0, 0.05) is 12.6 Å². The minimum absolute atomic E-state index is 0.560. The van der Waals surface area contributed by atoms with Gasteiger partial charge in [-0.2, -0.15) is 0 Å². The molecular formula is C13H21N. The van der Waals surface area contributed by atoms with Crippen LogP contribution in [0.3, 0.4) is 0 Å². The molecule has 0 aliphatic heterocycles. The Morgan fingerprint density at radius 2 is 1.64 bits per heavy atom. The summed E-state index contributed by atoms with van der Waals surface area (Å²) in [6.07, 6.45) is 2.42. The van der Waals surface area contributed by atoms with Crippen molar-refractivity contribution >= 4 is 0 Å². The SMILES string of the molecule is CCCc1ccc(CNC(C)C)cc1. The van der Waals surface area contributed by atoms with Gasteiger partial charge in [0.05, 0.1) is 0 Å². The second-order valence-electron chi connectivity index (χ2n) is 4.10. The molecule has 0 unspecified atom stereocenters. The summed E-state index contributed by atoms with van der Waals surface area (Å²) < 4.78 is 0. The predicted molar refractivity (Wildman–Crippen MR) is 62.4 cm³/mol. The van der Waals surface area contributed by atoms with Crippen molar-refractivity contribution in [2.24, 2.45) is 0 Å². The number of benzene rings is 1. The molecule has 0 amide bonds. The van der Waals surface area contributed by atoms with Gasteiger partial charge in [0.2, 0.25) is 0 Å². The minimum Gasteiger partial charge on any atom is -0.310 e. The van der Waals surface area contributed by atoms with Gasteiger partial charge in [0.15, 0.2) is 0 Å². The summed E-state index contributed by atoms with van der Waals surface area (Å²) in [6.45, 7) is 7.54. The Kier molecular flexibility index (Phi) is 4.68. The third-order valence-corrected chi connectivity index (χ3v) is 2.28. The first kappa shape index (κ1) is 11.3. The van der Waals surface area contributed by atoms with Crippen LogP contribution in [0.1, 0.15) is 38.3 Å². The average molecular weight is 191 g/mol. The molecule has 0 bridgehead atoms. The highest BCUT2D eigenvalue weighted by atomic mass is 14.9. The Hall–Kier alpha value is -0.820. The van der Waals surface area contributed by atoms with E-state index in [0.29, 0.717) is 6.04 Å². The highest BCUT2D eigenvalue weighted by Gasteiger charge is 1.95. The molecule has 1 aromatic rings. The maximum absolute atomic E-state index is 3.41. The third kappa shape index (κ3) is 3.93. The lowest BCUT2D eigenvalue weighted by molar-refractivity contribution is 0.589. The first-order valence-electron chi connectivity index (χ1n) is 5.53. The lowest BCUT2D eigenvalue weighted by Gasteiger charge is -2.08. The largest absolute Gasteiger partial charge is 0.310 e. The van der Waals surface area contributed by atoms with Crippen LogP contribution in [0, 0.1) is 0 Å². The van der Waals surface area contributed by atoms with Gasteiger partial charge in [-0.1, -0.05) is 51.5 Å². The molecule has 0 atom stereocenters. The molecule has 14 heavy (non-hydrogen) atoms. The first-order valence-corrected chi connectivity index (χ1v) is 5.53. The van der Waals surface area contributed by atoms with Crippen molar-refractivity contribution in [3.8, 4) is 0 Å². The van der Waals surface area contributed by atoms with Gasteiger partial charge in [0.1, 0.15) is 0 Å². The number of aryl methyl sites for hydroxylation is 1. The lowest BCUT2D eigenvalue weighted by Crippen LogP contribution is -2.21. The molecule has 0 aliphatic carbocycles. The number of nitrogens with one attached hydrogen (secondary N) is 1. The summed E-state index contributed by atoms with van der Waals surface area (Å²) in [5.74, 6) is 0. The highest BCUT2D eigenvalue weighted by Crippen LogP contribution is 2.06. The molecule has 1 N–H and O–H groups in total. The Bertz CT molecular complexity index is 248. The molecule has 0 aliphatic rings. The molecule has 0 heterocycles. The van der Waals surface area contributed by atoms with E-state index in [1.807, 2.05) is 0 Å². The van der Waals surface area contributed by atoms with E-state index in [4.69, 9.17) is 0 Å². The molecule has 78 valence electrons. The second-order valence-corrected chi connectivity index (χ2v) is 4.10. The van der Waals surface area contributed by atoms with Crippen LogP contribution in [0.25, 0.3) is 0 Å². The molecule has 0 saturated heterocycles. The van der Waals surface area contributed by atoms with Crippen molar-refractivity contribution in [1.29, 1.82) is 0 Å². The normalized spacial score (nSPS) is 10.9. The Morgan fingerprint density at radius 3 is 2.14 bits per heavy atom. The van der Waals surface area contributed by atoms with Crippen molar-refractivity contribution in [3.05, 3.63) is 35.4 Å². The van der Waals surface area contributed by atoms with Gasteiger partial charge in [-0.25, -0.2) is 0 Å². The van der Waals surface area contributed by atoms with Crippen molar-refractivity contribution in [2.75, 3.05) is 0 Å². The first-order chi connectivity index (χ1) is 6.72. The van der Waals surface area contributed by atoms with E-state index < -0.39 is 0 Å². The zero-order valence-electron chi connectivity index (χ0n) is 9.51. The molecular weight excluding hydrogens is 170 g/mol. The van der Waals surface area contributed by atoms with Crippen molar-refractivity contribution in [3.63, 3.8) is 0 Å². The van der Waals surface area contributed by atoms with Gasteiger partial charge in [-0.3, -0.25) is 0 Å². The maximum Gasteiger partial charge on any atom is 0.0207 e. The van der Waals surface area contributed by atoms with Gasteiger partial charge in [-0.05, 0) is 17.5 Å². The topological polar surface area (TPSA) is 12.0 Å². The maximum atomic E-state index is 3.41.